The fraction of sp³-hybridized carbons (Fsp3) is 0.812. The molecule has 0 N–H and O–H groups in total. The zero-order valence-corrected chi connectivity index (χ0v) is 12.3. The van der Waals surface area contributed by atoms with Gasteiger partial charge in [0.1, 0.15) is 0 Å². The number of allylic oxidation sites excluding steroid dienone is 2. The number of ketones is 1. The molecule has 2 rings (SSSR count). The maximum absolute atomic E-state index is 12.0. The van der Waals surface area contributed by atoms with Crippen LogP contribution < -0.4 is 0 Å². The highest BCUT2D eigenvalue weighted by atomic mass is 16.5. The molecule has 2 heteroatoms. The summed E-state index contributed by atoms with van der Waals surface area (Å²) in [5.41, 5.74) is 0.838. The second kappa shape index (κ2) is 4.80. The summed E-state index contributed by atoms with van der Waals surface area (Å²) in [6, 6.07) is 0. The molecule has 2 nitrogen and oxygen atoms in total. The lowest BCUT2D eigenvalue weighted by molar-refractivity contribution is -0.132. The molecule has 18 heavy (non-hydrogen) atoms. The highest BCUT2D eigenvalue weighted by molar-refractivity contribution is 5.95. The van der Waals surface area contributed by atoms with Gasteiger partial charge in [-0.15, -0.1) is 0 Å². The number of ether oxygens (including phenoxy) is 1. The molecule has 1 saturated carbocycles. The van der Waals surface area contributed by atoms with Crippen LogP contribution >= 0.6 is 0 Å². The van der Waals surface area contributed by atoms with Gasteiger partial charge >= 0.3 is 0 Å². The monoisotopic (exact) mass is 250 g/mol. The third-order valence-corrected chi connectivity index (χ3v) is 5.33. The smallest absolute Gasteiger partial charge is 0.158 e. The van der Waals surface area contributed by atoms with E-state index in [0.717, 1.165) is 12.0 Å². The van der Waals surface area contributed by atoms with Crippen LogP contribution in [0.25, 0.3) is 0 Å². The van der Waals surface area contributed by atoms with Crippen molar-refractivity contribution in [3.05, 3.63) is 11.6 Å². The Kier molecular flexibility index (Phi) is 3.68. The number of hydrogen-bond acceptors (Lipinski definition) is 2. The van der Waals surface area contributed by atoms with Gasteiger partial charge in [-0.05, 0) is 50.0 Å². The van der Waals surface area contributed by atoms with Gasteiger partial charge in [0.25, 0.3) is 0 Å². The lowest BCUT2D eigenvalue weighted by atomic mass is 9.58. The summed E-state index contributed by atoms with van der Waals surface area (Å²) in [6.07, 6.45) is 5.19. The average molecular weight is 250 g/mol. The van der Waals surface area contributed by atoms with Crippen molar-refractivity contribution in [2.24, 2.45) is 23.7 Å². The van der Waals surface area contributed by atoms with Crippen LogP contribution in [0.15, 0.2) is 11.6 Å². The van der Waals surface area contributed by atoms with E-state index in [9.17, 15) is 4.79 Å². The van der Waals surface area contributed by atoms with Crippen molar-refractivity contribution < 1.29 is 9.53 Å². The number of carbonyl (C=O) groups is 1. The van der Waals surface area contributed by atoms with Gasteiger partial charge in [-0.2, -0.15) is 0 Å². The first kappa shape index (κ1) is 13.8. The van der Waals surface area contributed by atoms with E-state index >= 15 is 0 Å². The summed E-state index contributed by atoms with van der Waals surface area (Å²) in [6.45, 7) is 8.76. The Hall–Kier alpha value is -0.630. The maximum Gasteiger partial charge on any atom is 0.158 e. The summed E-state index contributed by atoms with van der Waals surface area (Å²) in [4.78, 5) is 12.0. The molecule has 0 amide bonds. The van der Waals surface area contributed by atoms with E-state index in [-0.39, 0.29) is 5.60 Å². The van der Waals surface area contributed by atoms with Crippen LogP contribution in [0.3, 0.4) is 0 Å². The highest BCUT2D eigenvalue weighted by Gasteiger charge is 2.49. The minimum atomic E-state index is -0.122. The molecule has 0 spiro atoms. The molecule has 2 aliphatic rings. The van der Waals surface area contributed by atoms with Crippen molar-refractivity contribution in [2.45, 2.75) is 52.6 Å². The summed E-state index contributed by atoms with van der Waals surface area (Å²) in [5.74, 6) is 2.56. The summed E-state index contributed by atoms with van der Waals surface area (Å²) < 4.78 is 5.78. The predicted octanol–water partition coefficient (Wildman–Crippen LogP) is 3.61. The minimum absolute atomic E-state index is 0.122. The minimum Gasteiger partial charge on any atom is -0.378 e. The van der Waals surface area contributed by atoms with Crippen molar-refractivity contribution in [2.75, 3.05) is 7.11 Å². The van der Waals surface area contributed by atoms with Crippen molar-refractivity contribution in [3.63, 3.8) is 0 Å². The fourth-order valence-corrected chi connectivity index (χ4v) is 3.90. The largest absolute Gasteiger partial charge is 0.378 e. The molecular formula is C16H26O2. The van der Waals surface area contributed by atoms with Crippen molar-refractivity contribution in [1.82, 2.24) is 0 Å². The van der Waals surface area contributed by atoms with Crippen LogP contribution in [0, 0.1) is 23.7 Å². The van der Waals surface area contributed by atoms with Gasteiger partial charge in [-0.1, -0.05) is 19.9 Å². The molecule has 0 heterocycles. The number of rotatable bonds is 2. The Labute approximate surface area is 111 Å². The van der Waals surface area contributed by atoms with Crippen LogP contribution in [0.4, 0.5) is 0 Å². The molecule has 102 valence electrons. The van der Waals surface area contributed by atoms with E-state index in [1.807, 2.05) is 6.92 Å². The van der Waals surface area contributed by atoms with E-state index in [1.165, 1.54) is 6.42 Å². The number of methoxy groups -OCH3 is 1. The lowest BCUT2D eigenvalue weighted by Gasteiger charge is -2.50. The number of Topliss-reactive ketones (excluding diaryl/α,β-unsaturated/α-hetero) is 1. The molecule has 2 aliphatic carbocycles. The number of fused-ring (bicyclic) bond motifs is 1. The highest BCUT2D eigenvalue weighted by Crippen LogP contribution is 2.50. The number of hydrogen-bond donors (Lipinski definition) is 0. The van der Waals surface area contributed by atoms with Crippen LogP contribution in [-0.4, -0.2) is 18.5 Å². The quantitative estimate of drug-likeness (QED) is 0.748. The number of carbonyl (C=O) groups excluding carboxylic acids is 1. The molecule has 0 saturated heterocycles. The van der Waals surface area contributed by atoms with Crippen molar-refractivity contribution in [1.29, 1.82) is 0 Å². The molecule has 0 aliphatic heterocycles. The van der Waals surface area contributed by atoms with E-state index < -0.39 is 0 Å². The average Bonchev–Trinajstić information content (AvgIpc) is 2.32. The third-order valence-electron chi connectivity index (χ3n) is 5.33. The summed E-state index contributed by atoms with van der Waals surface area (Å²) in [7, 11) is 1.79. The summed E-state index contributed by atoms with van der Waals surface area (Å²) in [5, 5.41) is 0. The van der Waals surface area contributed by atoms with Gasteiger partial charge in [0, 0.05) is 19.4 Å². The Balaban J connectivity index is 2.36. The Morgan fingerprint density at radius 3 is 2.67 bits per heavy atom. The molecule has 0 bridgehead atoms. The topological polar surface area (TPSA) is 26.3 Å². The first-order chi connectivity index (χ1) is 8.39. The van der Waals surface area contributed by atoms with Crippen molar-refractivity contribution in [3.8, 4) is 0 Å². The third kappa shape index (κ3) is 2.16. The molecule has 0 unspecified atom stereocenters. The molecular weight excluding hydrogens is 224 g/mol. The predicted molar refractivity (Wildman–Crippen MR) is 73.3 cm³/mol. The second-order valence-corrected chi connectivity index (χ2v) is 6.62. The van der Waals surface area contributed by atoms with E-state index in [0.29, 0.717) is 35.9 Å². The van der Waals surface area contributed by atoms with Gasteiger partial charge in [0.05, 0.1) is 5.60 Å². The van der Waals surface area contributed by atoms with Crippen LogP contribution in [0.5, 0.6) is 0 Å². The zero-order valence-electron chi connectivity index (χ0n) is 12.3. The first-order valence-corrected chi connectivity index (χ1v) is 7.16. The van der Waals surface area contributed by atoms with E-state index in [2.05, 4.69) is 26.8 Å². The first-order valence-electron chi connectivity index (χ1n) is 7.16. The lowest BCUT2D eigenvalue weighted by Crippen LogP contribution is -2.50. The molecule has 0 radical (unpaired) electrons. The van der Waals surface area contributed by atoms with Gasteiger partial charge in [0.15, 0.2) is 5.78 Å². The molecule has 0 aromatic carbocycles. The van der Waals surface area contributed by atoms with Gasteiger partial charge in [-0.3, -0.25) is 4.79 Å². The zero-order chi connectivity index (χ0) is 13.5. The Morgan fingerprint density at radius 2 is 2.11 bits per heavy atom. The van der Waals surface area contributed by atoms with E-state index in [4.69, 9.17) is 4.74 Å². The molecule has 0 aromatic heterocycles. The Morgan fingerprint density at radius 1 is 1.44 bits per heavy atom. The maximum atomic E-state index is 12.0. The normalized spacial score (nSPS) is 40.7. The standard InChI is InChI=1S/C16H26O2/c1-10(2)12-6-7-16(4,18-5)14-9-15(17)11(3)8-13(12)14/h8,10,12-14H,6-7,9H2,1-5H3/t12-,13+,14-,16-/m0/s1. The second-order valence-electron chi connectivity index (χ2n) is 6.62. The van der Waals surface area contributed by atoms with Gasteiger partial charge in [0.2, 0.25) is 0 Å². The summed E-state index contributed by atoms with van der Waals surface area (Å²) >= 11 is 0. The molecule has 1 fully saturated rings. The van der Waals surface area contributed by atoms with E-state index in [1.54, 1.807) is 7.11 Å². The molecule has 0 aromatic rings. The van der Waals surface area contributed by atoms with Crippen LogP contribution in [-0.2, 0) is 9.53 Å². The van der Waals surface area contributed by atoms with Gasteiger partial charge in [-0.25, -0.2) is 0 Å². The SMILES string of the molecule is CO[C@@]1(C)CC[C@@H](C(C)C)[C@H]2C=C(C)C(=O)C[C@@H]21. The fourth-order valence-electron chi connectivity index (χ4n) is 3.90. The van der Waals surface area contributed by atoms with Crippen molar-refractivity contribution >= 4 is 5.78 Å². The molecule has 4 atom stereocenters. The van der Waals surface area contributed by atoms with Crippen LogP contribution in [0.1, 0.15) is 47.0 Å². The van der Waals surface area contributed by atoms with Crippen LogP contribution in [0.2, 0.25) is 0 Å². The Bertz CT molecular complexity index is 369. The van der Waals surface area contributed by atoms with Gasteiger partial charge < -0.3 is 4.74 Å².